The summed E-state index contributed by atoms with van der Waals surface area (Å²) in [6.45, 7) is 1.65. The third-order valence-electron chi connectivity index (χ3n) is 3.92. The number of carbonyl (C=O) groups is 1. The zero-order valence-corrected chi connectivity index (χ0v) is 11.3. The van der Waals surface area contributed by atoms with E-state index in [0.29, 0.717) is 24.1 Å². The number of nitrogens with zero attached hydrogens (tertiary/aromatic N) is 1. The van der Waals surface area contributed by atoms with Crippen LogP contribution in [0.4, 0.5) is 10.1 Å². The van der Waals surface area contributed by atoms with Gasteiger partial charge in [0.2, 0.25) is 5.91 Å². The van der Waals surface area contributed by atoms with Crippen molar-refractivity contribution in [1.29, 1.82) is 0 Å². The summed E-state index contributed by atoms with van der Waals surface area (Å²) in [6.07, 6.45) is 2.74. The maximum atomic E-state index is 13.5. The first-order chi connectivity index (χ1) is 9.49. The third-order valence-corrected chi connectivity index (χ3v) is 3.92. The molecular formula is C14H18FN3O2. The Morgan fingerprint density at radius 3 is 2.65 bits per heavy atom. The lowest BCUT2D eigenvalue weighted by molar-refractivity contribution is -0.122. The first-order valence-electron chi connectivity index (χ1n) is 6.55. The van der Waals surface area contributed by atoms with E-state index in [0.717, 1.165) is 12.8 Å². The van der Waals surface area contributed by atoms with Gasteiger partial charge >= 0.3 is 0 Å². The molecule has 0 heterocycles. The van der Waals surface area contributed by atoms with Crippen LogP contribution >= 0.6 is 0 Å². The van der Waals surface area contributed by atoms with Gasteiger partial charge in [0.25, 0.3) is 0 Å². The molecule has 5 nitrogen and oxygen atoms in total. The van der Waals surface area contributed by atoms with E-state index in [1.807, 2.05) is 0 Å². The summed E-state index contributed by atoms with van der Waals surface area (Å²) in [5.41, 5.74) is 5.58. The van der Waals surface area contributed by atoms with Crippen LogP contribution in [-0.4, -0.2) is 17.0 Å². The molecule has 0 unspecified atom stereocenters. The monoisotopic (exact) mass is 279 g/mol. The van der Waals surface area contributed by atoms with E-state index >= 15 is 0 Å². The minimum Gasteiger partial charge on any atom is -0.409 e. The molecule has 1 aliphatic rings. The molecule has 0 bridgehead atoms. The number of amidine groups is 1. The second-order valence-corrected chi connectivity index (χ2v) is 5.19. The van der Waals surface area contributed by atoms with Crippen molar-refractivity contribution in [2.75, 3.05) is 5.32 Å². The SMILES string of the molecule is Cc1ccc(NC(=O)C2(C(N)=NO)CCCC2)cc1F. The molecule has 0 spiro atoms. The Balaban J connectivity index is 2.23. The van der Waals surface area contributed by atoms with E-state index in [9.17, 15) is 9.18 Å². The van der Waals surface area contributed by atoms with Gasteiger partial charge in [-0.3, -0.25) is 4.79 Å². The van der Waals surface area contributed by atoms with E-state index in [4.69, 9.17) is 10.9 Å². The van der Waals surface area contributed by atoms with Crippen LogP contribution in [-0.2, 0) is 4.79 Å². The Morgan fingerprint density at radius 1 is 1.45 bits per heavy atom. The molecule has 1 aromatic carbocycles. The topological polar surface area (TPSA) is 87.7 Å². The number of carbonyl (C=O) groups excluding carboxylic acids is 1. The second kappa shape index (κ2) is 5.48. The Morgan fingerprint density at radius 2 is 2.10 bits per heavy atom. The van der Waals surface area contributed by atoms with E-state index in [2.05, 4.69) is 10.5 Å². The Labute approximate surface area is 116 Å². The van der Waals surface area contributed by atoms with E-state index in [1.165, 1.54) is 6.07 Å². The van der Waals surface area contributed by atoms with Crippen molar-refractivity contribution in [3.05, 3.63) is 29.6 Å². The molecular weight excluding hydrogens is 261 g/mol. The van der Waals surface area contributed by atoms with Gasteiger partial charge in [0.1, 0.15) is 11.2 Å². The van der Waals surface area contributed by atoms with Crippen LogP contribution in [0.1, 0.15) is 31.2 Å². The molecule has 1 aromatic rings. The molecule has 1 fully saturated rings. The summed E-state index contributed by atoms with van der Waals surface area (Å²) in [4.78, 5) is 12.4. The van der Waals surface area contributed by atoms with Crippen LogP contribution in [0.15, 0.2) is 23.4 Å². The van der Waals surface area contributed by atoms with Crippen LogP contribution in [0.25, 0.3) is 0 Å². The fraction of sp³-hybridized carbons (Fsp3) is 0.429. The molecule has 4 N–H and O–H groups in total. The molecule has 1 aliphatic carbocycles. The molecule has 2 rings (SSSR count). The molecule has 0 radical (unpaired) electrons. The van der Waals surface area contributed by atoms with E-state index < -0.39 is 5.41 Å². The molecule has 0 atom stereocenters. The largest absolute Gasteiger partial charge is 0.409 e. The first-order valence-corrected chi connectivity index (χ1v) is 6.55. The molecule has 0 saturated heterocycles. The zero-order valence-electron chi connectivity index (χ0n) is 11.3. The van der Waals surface area contributed by atoms with Gasteiger partial charge in [-0.15, -0.1) is 0 Å². The maximum absolute atomic E-state index is 13.5. The van der Waals surface area contributed by atoms with Gasteiger partial charge < -0.3 is 16.3 Å². The summed E-state index contributed by atoms with van der Waals surface area (Å²) in [5.74, 6) is -0.819. The van der Waals surface area contributed by atoms with Gasteiger partial charge in [0, 0.05) is 5.69 Å². The molecule has 0 aliphatic heterocycles. The van der Waals surface area contributed by atoms with Crippen molar-refractivity contribution in [2.24, 2.45) is 16.3 Å². The summed E-state index contributed by atoms with van der Waals surface area (Å²) in [5, 5.41) is 14.5. The maximum Gasteiger partial charge on any atom is 0.238 e. The van der Waals surface area contributed by atoms with Gasteiger partial charge in [-0.2, -0.15) is 0 Å². The second-order valence-electron chi connectivity index (χ2n) is 5.19. The van der Waals surface area contributed by atoms with Crippen LogP contribution in [0.2, 0.25) is 0 Å². The molecule has 1 amide bonds. The average Bonchev–Trinajstić information content (AvgIpc) is 2.93. The highest BCUT2D eigenvalue weighted by Gasteiger charge is 2.45. The number of benzene rings is 1. The highest BCUT2D eigenvalue weighted by molar-refractivity contribution is 6.12. The number of hydrogen-bond acceptors (Lipinski definition) is 3. The lowest BCUT2D eigenvalue weighted by Gasteiger charge is -2.26. The van der Waals surface area contributed by atoms with Crippen molar-refractivity contribution in [3.63, 3.8) is 0 Å². The van der Waals surface area contributed by atoms with Gasteiger partial charge in [0.05, 0.1) is 0 Å². The van der Waals surface area contributed by atoms with Crippen LogP contribution < -0.4 is 11.1 Å². The standard InChI is InChI=1S/C14H18FN3O2/c1-9-4-5-10(8-11(9)15)17-13(19)14(12(16)18-20)6-2-3-7-14/h4-5,8,20H,2-3,6-7H2,1H3,(H2,16,18)(H,17,19). The van der Waals surface area contributed by atoms with Crippen molar-refractivity contribution < 1.29 is 14.4 Å². The first kappa shape index (κ1) is 14.3. The fourth-order valence-corrected chi connectivity index (χ4v) is 2.60. The smallest absolute Gasteiger partial charge is 0.238 e. The third kappa shape index (κ3) is 2.45. The summed E-state index contributed by atoms with van der Waals surface area (Å²) < 4.78 is 13.5. The van der Waals surface area contributed by atoms with E-state index in [-0.39, 0.29) is 17.6 Å². The van der Waals surface area contributed by atoms with Gasteiger partial charge in [-0.25, -0.2) is 4.39 Å². The van der Waals surface area contributed by atoms with Gasteiger partial charge in [-0.1, -0.05) is 24.1 Å². The van der Waals surface area contributed by atoms with Crippen LogP contribution in [0.5, 0.6) is 0 Å². The summed E-state index contributed by atoms with van der Waals surface area (Å²) in [6, 6.07) is 4.49. The molecule has 6 heteroatoms. The lowest BCUT2D eigenvalue weighted by Crippen LogP contribution is -2.45. The van der Waals surface area contributed by atoms with Crippen molar-refractivity contribution in [1.82, 2.24) is 0 Å². The number of anilines is 1. The summed E-state index contributed by atoms with van der Waals surface area (Å²) >= 11 is 0. The zero-order chi connectivity index (χ0) is 14.8. The van der Waals surface area contributed by atoms with Gasteiger partial charge in [-0.05, 0) is 37.5 Å². The van der Waals surface area contributed by atoms with Crippen LogP contribution in [0, 0.1) is 18.2 Å². The molecule has 108 valence electrons. The van der Waals surface area contributed by atoms with Crippen molar-refractivity contribution in [2.45, 2.75) is 32.6 Å². The highest BCUT2D eigenvalue weighted by atomic mass is 19.1. The number of aryl methyl sites for hydroxylation is 1. The summed E-state index contributed by atoms with van der Waals surface area (Å²) in [7, 11) is 0. The molecule has 0 aromatic heterocycles. The van der Waals surface area contributed by atoms with E-state index in [1.54, 1.807) is 19.1 Å². The lowest BCUT2D eigenvalue weighted by atomic mass is 9.83. The van der Waals surface area contributed by atoms with Crippen molar-refractivity contribution >= 4 is 17.4 Å². The quantitative estimate of drug-likeness (QED) is 0.343. The minimum atomic E-state index is -0.990. The number of nitrogens with two attached hydrogens (primary N) is 1. The predicted molar refractivity (Wildman–Crippen MR) is 74.1 cm³/mol. The minimum absolute atomic E-state index is 0.0833. The predicted octanol–water partition coefficient (Wildman–Crippen LogP) is 2.38. The number of oxime groups is 1. The van der Waals surface area contributed by atoms with Gasteiger partial charge in [0.15, 0.2) is 5.84 Å². The highest BCUT2D eigenvalue weighted by Crippen LogP contribution is 2.39. The Bertz CT molecular complexity index is 551. The molecule has 20 heavy (non-hydrogen) atoms. The fourth-order valence-electron chi connectivity index (χ4n) is 2.60. The van der Waals surface area contributed by atoms with Crippen molar-refractivity contribution in [3.8, 4) is 0 Å². The normalized spacial score (nSPS) is 18.0. The Hall–Kier alpha value is -2.11. The number of amides is 1. The number of nitrogens with one attached hydrogen (secondary N) is 1. The van der Waals surface area contributed by atoms with Crippen LogP contribution in [0.3, 0.4) is 0 Å². The number of halogens is 1. The number of hydrogen-bond donors (Lipinski definition) is 3. The number of rotatable bonds is 3. The molecule has 1 saturated carbocycles. The Kier molecular flexibility index (Phi) is 3.92. The average molecular weight is 279 g/mol.